The molecule has 3 rings (SSSR count). The number of ether oxygens (including phenoxy) is 1. The second kappa shape index (κ2) is 7.18. The zero-order valence-electron chi connectivity index (χ0n) is 14.4. The van der Waals surface area contributed by atoms with E-state index in [-0.39, 0.29) is 17.6 Å². The average Bonchev–Trinajstić information content (AvgIpc) is 2.58. The van der Waals surface area contributed by atoms with Crippen LogP contribution in [0, 0.1) is 0 Å². The summed E-state index contributed by atoms with van der Waals surface area (Å²) in [6.45, 7) is 6.35. The molecule has 0 aromatic heterocycles. The average molecular weight is 323 g/mol. The van der Waals surface area contributed by atoms with Gasteiger partial charge in [-0.05, 0) is 38.0 Å². The highest BCUT2D eigenvalue weighted by molar-refractivity contribution is 5.89. The summed E-state index contributed by atoms with van der Waals surface area (Å²) >= 11 is 0. The van der Waals surface area contributed by atoms with Crippen molar-refractivity contribution in [1.29, 1.82) is 0 Å². The molecule has 0 bridgehead atoms. The van der Waals surface area contributed by atoms with Crippen LogP contribution in [0.1, 0.15) is 42.6 Å². The van der Waals surface area contributed by atoms with E-state index in [1.54, 1.807) is 12.1 Å². The summed E-state index contributed by atoms with van der Waals surface area (Å²) in [4.78, 5) is 14.7. The lowest BCUT2D eigenvalue weighted by atomic mass is 9.88. The first kappa shape index (κ1) is 16.7. The Kier molecular flexibility index (Phi) is 5.00. The van der Waals surface area contributed by atoms with Gasteiger partial charge in [0.2, 0.25) is 0 Å². The molecule has 0 spiro atoms. The van der Waals surface area contributed by atoms with Gasteiger partial charge in [0.05, 0.1) is 5.56 Å². The highest BCUT2D eigenvalue weighted by atomic mass is 16.5. The smallest absolute Gasteiger partial charge is 0.338 e. The van der Waals surface area contributed by atoms with E-state index in [1.807, 2.05) is 24.3 Å². The number of carbonyl (C=O) groups is 1. The fourth-order valence-electron chi connectivity index (χ4n) is 3.38. The molecule has 1 fully saturated rings. The van der Waals surface area contributed by atoms with Crippen LogP contribution in [0.25, 0.3) is 0 Å². The molecule has 1 saturated heterocycles. The highest BCUT2D eigenvalue weighted by Gasteiger charge is 2.36. The Morgan fingerprint density at radius 1 is 1.08 bits per heavy atom. The van der Waals surface area contributed by atoms with Crippen molar-refractivity contribution in [2.75, 3.05) is 6.54 Å². The molecule has 1 aliphatic rings. The van der Waals surface area contributed by atoms with Gasteiger partial charge < -0.3 is 4.74 Å². The van der Waals surface area contributed by atoms with E-state index in [4.69, 9.17) is 4.74 Å². The number of benzene rings is 2. The molecule has 1 aliphatic heterocycles. The number of piperidine rings is 1. The zero-order valence-corrected chi connectivity index (χ0v) is 14.4. The Bertz CT molecular complexity index is 667. The Morgan fingerprint density at radius 3 is 2.33 bits per heavy atom. The molecular formula is C21H25NO2. The van der Waals surface area contributed by atoms with E-state index in [9.17, 15) is 4.79 Å². The molecule has 0 aliphatic carbocycles. The van der Waals surface area contributed by atoms with Crippen LogP contribution in [-0.2, 0) is 11.3 Å². The predicted molar refractivity (Wildman–Crippen MR) is 95.8 cm³/mol. The summed E-state index contributed by atoms with van der Waals surface area (Å²) in [6.07, 6.45) is 1.73. The Hall–Kier alpha value is -2.13. The minimum Gasteiger partial charge on any atom is -0.459 e. The van der Waals surface area contributed by atoms with Crippen LogP contribution in [0.4, 0.5) is 0 Å². The van der Waals surface area contributed by atoms with Crippen LogP contribution in [0.3, 0.4) is 0 Å². The van der Waals surface area contributed by atoms with Crippen LogP contribution in [0.2, 0.25) is 0 Å². The molecule has 2 aromatic carbocycles. The van der Waals surface area contributed by atoms with Crippen LogP contribution >= 0.6 is 0 Å². The standard InChI is InChI=1S/C21H25NO2/c1-21(2)15-19(24-20(23)18-11-7-4-8-12-18)13-14-22(21)16-17-9-5-3-6-10-17/h3-12,19H,13-16H2,1-2H3/t19-/m1/s1. The van der Waals surface area contributed by atoms with Gasteiger partial charge in [-0.15, -0.1) is 0 Å². The molecule has 1 heterocycles. The number of rotatable bonds is 4. The Morgan fingerprint density at radius 2 is 1.71 bits per heavy atom. The van der Waals surface area contributed by atoms with Crippen molar-refractivity contribution in [3.8, 4) is 0 Å². The topological polar surface area (TPSA) is 29.5 Å². The molecule has 126 valence electrons. The lowest BCUT2D eigenvalue weighted by molar-refractivity contribution is -0.0292. The van der Waals surface area contributed by atoms with Gasteiger partial charge in [0.1, 0.15) is 6.10 Å². The minimum atomic E-state index is -0.215. The summed E-state index contributed by atoms with van der Waals surface area (Å²) < 4.78 is 5.75. The molecule has 0 amide bonds. The lowest BCUT2D eigenvalue weighted by Crippen LogP contribution is -2.51. The Balaban J connectivity index is 1.60. The van der Waals surface area contributed by atoms with E-state index in [2.05, 4.69) is 43.0 Å². The first-order valence-electron chi connectivity index (χ1n) is 8.59. The van der Waals surface area contributed by atoms with E-state index < -0.39 is 0 Å². The van der Waals surface area contributed by atoms with Gasteiger partial charge in [0, 0.05) is 25.0 Å². The summed E-state index contributed by atoms with van der Waals surface area (Å²) in [5.41, 5.74) is 1.96. The van der Waals surface area contributed by atoms with Crippen molar-refractivity contribution < 1.29 is 9.53 Å². The fourth-order valence-corrected chi connectivity index (χ4v) is 3.38. The van der Waals surface area contributed by atoms with Gasteiger partial charge in [-0.25, -0.2) is 4.79 Å². The van der Waals surface area contributed by atoms with E-state index >= 15 is 0 Å². The maximum Gasteiger partial charge on any atom is 0.338 e. The quantitative estimate of drug-likeness (QED) is 0.786. The van der Waals surface area contributed by atoms with Crippen LogP contribution < -0.4 is 0 Å². The van der Waals surface area contributed by atoms with Crippen LogP contribution in [-0.4, -0.2) is 29.1 Å². The van der Waals surface area contributed by atoms with Crippen molar-refractivity contribution >= 4 is 5.97 Å². The van der Waals surface area contributed by atoms with Crippen LogP contribution in [0.5, 0.6) is 0 Å². The fraction of sp³-hybridized carbons (Fsp3) is 0.381. The summed E-state index contributed by atoms with van der Waals surface area (Å²) in [5.74, 6) is -0.215. The number of esters is 1. The number of hydrogen-bond acceptors (Lipinski definition) is 3. The van der Waals surface area contributed by atoms with Crippen molar-refractivity contribution in [2.24, 2.45) is 0 Å². The van der Waals surface area contributed by atoms with Crippen LogP contribution in [0.15, 0.2) is 60.7 Å². The first-order chi connectivity index (χ1) is 11.5. The summed E-state index contributed by atoms with van der Waals surface area (Å²) in [6, 6.07) is 19.8. The van der Waals surface area contributed by atoms with E-state index in [0.717, 1.165) is 25.9 Å². The number of nitrogens with zero attached hydrogens (tertiary/aromatic N) is 1. The van der Waals surface area contributed by atoms with E-state index in [1.165, 1.54) is 5.56 Å². The summed E-state index contributed by atoms with van der Waals surface area (Å²) in [5, 5.41) is 0. The molecule has 0 unspecified atom stereocenters. The molecule has 3 heteroatoms. The molecule has 0 N–H and O–H groups in total. The third kappa shape index (κ3) is 4.04. The molecule has 0 saturated carbocycles. The number of carbonyl (C=O) groups excluding carboxylic acids is 1. The van der Waals surface area contributed by atoms with Gasteiger partial charge in [-0.3, -0.25) is 4.90 Å². The molecular weight excluding hydrogens is 298 g/mol. The molecule has 2 aromatic rings. The van der Waals surface area contributed by atoms with Gasteiger partial charge >= 0.3 is 5.97 Å². The van der Waals surface area contributed by atoms with E-state index in [0.29, 0.717) is 5.56 Å². The second-order valence-electron chi connectivity index (χ2n) is 7.11. The third-order valence-corrected chi connectivity index (χ3v) is 4.80. The van der Waals surface area contributed by atoms with Crippen molar-refractivity contribution in [1.82, 2.24) is 4.90 Å². The zero-order chi connectivity index (χ0) is 17.0. The van der Waals surface area contributed by atoms with Crippen molar-refractivity contribution in [3.63, 3.8) is 0 Å². The minimum absolute atomic E-state index is 0.00965. The third-order valence-electron chi connectivity index (χ3n) is 4.80. The van der Waals surface area contributed by atoms with Crippen molar-refractivity contribution in [2.45, 2.75) is 44.9 Å². The summed E-state index contributed by atoms with van der Waals surface area (Å²) in [7, 11) is 0. The van der Waals surface area contributed by atoms with Crippen molar-refractivity contribution in [3.05, 3.63) is 71.8 Å². The predicted octanol–water partition coefficient (Wildman–Crippen LogP) is 4.29. The second-order valence-corrected chi connectivity index (χ2v) is 7.11. The molecule has 3 nitrogen and oxygen atoms in total. The Labute approximate surface area is 144 Å². The van der Waals surface area contributed by atoms with Gasteiger partial charge in [-0.2, -0.15) is 0 Å². The molecule has 0 radical (unpaired) electrons. The SMILES string of the molecule is CC1(C)C[C@H](OC(=O)c2ccccc2)CCN1Cc1ccccc1. The van der Waals surface area contributed by atoms with Gasteiger partial charge in [-0.1, -0.05) is 48.5 Å². The number of likely N-dealkylation sites (tertiary alicyclic amines) is 1. The lowest BCUT2D eigenvalue weighted by Gasteiger charge is -2.45. The van der Waals surface area contributed by atoms with Gasteiger partial charge in [0.15, 0.2) is 0 Å². The molecule has 1 atom stereocenters. The molecule has 24 heavy (non-hydrogen) atoms. The maximum absolute atomic E-state index is 12.3. The highest BCUT2D eigenvalue weighted by Crippen LogP contribution is 2.31. The van der Waals surface area contributed by atoms with Gasteiger partial charge in [0.25, 0.3) is 0 Å². The maximum atomic E-state index is 12.3. The monoisotopic (exact) mass is 323 g/mol. The first-order valence-corrected chi connectivity index (χ1v) is 8.59. The largest absolute Gasteiger partial charge is 0.459 e. The normalized spacial score (nSPS) is 20.5. The number of hydrogen-bond donors (Lipinski definition) is 0.